The molecule has 0 saturated heterocycles. The van der Waals surface area contributed by atoms with Gasteiger partial charge in [0, 0.05) is 19.2 Å². The first-order valence-corrected chi connectivity index (χ1v) is 7.41. The van der Waals surface area contributed by atoms with Crippen LogP contribution in [0.1, 0.15) is 42.1 Å². The highest BCUT2D eigenvalue weighted by Gasteiger charge is 2.11. The van der Waals surface area contributed by atoms with E-state index in [0.717, 1.165) is 38.6 Å². The van der Waals surface area contributed by atoms with E-state index >= 15 is 0 Å². The van der Waals surface area contributed by atoms with E-state index in [9.17, 15) is 9.59 Å². The topological polar surface area (TPSA) is 37.4 Å². The van der Waals surface area contributed by atoms with Gasteiger partial charge in [0.15, 0.2) is 5.78 Å². The fourth-order valence-corrected chi connectivity index (χ4v) is 2.11. The van der Waals surface area contributed by atoms with Crippen molar-refractivity contribution < 1.29 is 9.59 Å². The van der Waals surface area contributed by atoms with Crippen molar-refractivity contribution in [3.63, 3.8) is 0 Å². The summed E-state index contributed by atoms with van der Waals surface area (Å²) in [4.78, 5) is 23.8. The Bertz CT molecular complexity index is 429. The lowest BCUT2D eigenvalue weighted by molar-refractivity contribution is -0.117. The molecule has 20 heavy (non-hydrogen) atoms. The number of hydrogen-bond donors (Lipinski definition) is 0. The standard InChI is InChI=1S/C16H22ClNO2/c1-13(17)16(20)15-9-7-14(8-10-15)6-4-3-5-11-18(2)12-19/h7-10,12-13H,3-6,11H2,1-2H3. The third-order valence-corrected chi connectivity index (χ3v) is 3.45. The second-order valence-corrected chi connectivity index (χ2v) is 5.73. The molecule has 0 aliphatic heterocycles. The molecule has 110 valence electrons. The van der Waals surface area contributed by atoms with Crippen LogP contribution in [0.2, 0.25) is 0 Å². The first kappa shape index (κ1) is 16.7. The summed E-state index contributed by atoms with van der Waals surface area (Å²) in [6, 6.07) is 7.67. The minimum atomic E-state index is -0.476. The predicted octanol–water partition coefficient (Wildman–Crippen LogP) is 3.30. The summed E-state index contributed by atoms with van der Waals surface area (Å²) in [5.74, 6) is -0.0323. The summed E-state index contributed by atoms with van der Waals surface area (Å²) in [6.45, 7) is 2.50. The fourth-order valence-electron chi connectivity index (χ4n) is 1.99. The number of aryl methyl sites for hydroxylation is 1. The lowest BCUT2D eigenvalue weighted by Crippen LogP contribution is -2.16. The van der Waals surface area contributed by atoms with Gasteiger partial charge in [0.25, 0.3) is 0 Å². The number of nitrogens with zero attached hydrogens (tertiary/aromatic N) is 1. The second-order valence-electron chi connectivity index (χ2n) is 5.07. The molecule has 0 bridgehead atoms. The van der Waals surface area contributed by atoms with Gasteiger partial charge in [-0.3, -0.25) is 9.59 Å². The molecular formula is C16H22ClNO2. The molecule has 0 saturated carbocycles. The van der Waals surface area contributed by atoms with Gasteiger partial charge in [-0.05, 0) is 31.7 Å². The van der Waals surface area contributed by atoms with E-state index in [1.807, 2.05) is 24.3 Å². The zero-order valence-corrected chi connectivity index (χ0v) is 12.9. The Labute approximate surface area is 125 Å². The van der Waals surface area contributed by atoms with E-state index in [1.165, 1.54) is 5.56 Å². The Kier molecular flexibility index (Phi) is 7.31. The number of Topliss-reactive ketones (excluding diaryl/α,β-unsaturated/α-hetero) is 1. The highest BCUT2D eigenvalue weighted by atomic mass is 35.5. The van der Waals surface area contributed by atoms with E-state index in [-0.39, 0.29) is 5.78 Å². The monoisotopic (exact) mass is 295 g/mol. The summed E-state index contributed by atoms with van der Waals surface area (Å²) in [6.07, 6.45) is 5.06. The van der Waals surface area contributed by atoms with Crippen LogP contribution in [0, 0.1) is 0 Å². The van der Waals surface area contributed by atoms with E-state index in [0.29, 0.717) is 5.56 Å². The van der Waals surface area contributed by atoms with Crippen molar-refractivity contribution in [1.82, 2.24) is 4.90 Å². The quantitative estimate of drug-likeness (QED) is 0.303. The summed E-state index contributed by atoms with van der Waals surface area (Å²) in [7, 11) is 1.79. The molecule has 0 aliphatic carbocycles. The van der Waals surface area contributed by atoms with Crippen LogP contribution in [0.4, 0.5) is 0 Å². The van der Waals surface area contributed by atoms with Gasteiger partial charge in [-0.2, -0.15) is 0 Å². The molecule has 1 aromatic carbocycles. The number of halogens is 1. The lowest BCUT2D eigenvalue weighted by Gasteiger charge is -2.09. The Balaban J connectivity index is 2.32. The van der Waals surface area contributed by atoms with Gasteiger partial charge < -0.3 is 4.90 Å². The number of amides is 1. The van der Waals surface area contributed by atoms with Crippen LogP contribution in [0.25, 0.3) is 0 Å². The van der Waals surface area contributed by atoms with Crippen LogP contribution >= 0.6 is 11.6 Å². The zero-order chi connectivity index (χ0) is 15.0. The number of carbonyl (C=O) groups excluding carboxylic acids is 2. The maximum atomic E-state index is 11.7. The van der Waals surface area contributed by atoms with E-state index in [4.69, 9.17) is 11.6 Å². The number of ketones is 1. The molecule has 1 amide bonds. The summed E-state index contributed by atoms with van der Waals surface area (Å²) in [5, 5.41) is -0.476. The summed E-state index contributed by atoms with van der Waals surface area (Å²) >= 11 is 5.78. The molecular weight excluding hydrogens is 274 g/mol. The molecule has 1 unspecified atom stereocenters. The third-order valence-electron chi connectivity index (χ3n) is 3.26. The molecule has 0 heterocycles. The largest absolute Gasteiger partial charge is 0.348 e. The highest BCUT2D eigenvalue weighted by Crippen LogP contribution is 2.12. The van der Waals surface area contributed by atoms with Gasteiger partial charge in [-0.25, -0.2) is 0 Å². The molecule has 1 aromatic rings. The van der Waals surface area contributed by atoms with Crippen molar-refractivity contribution in [2.75, 3.05) is 13.6 Å². The molecule has 4 heteroatoms. The molecule has 0 spiro atoms. The van der Waals surface area contributed by atoms with E-state index in [2.05, 4.69) is 0 Å². The summed E-state index contributed by atoms with van der Waals surface area (Å²) in [5.41, 5.74) is 1.90. The van der Waals surface area contributed by atoms with Crippen LogP contribution in [-0.2, 0) is 11.2 Å². The Morgan fingerprint density at radius 2 is 1.90 bits per heavy atom. The van der Waals surface area contributed by atoms with Crippen molar-refractivity contribution in [2.24, 2.45) is 0 Å². The maximum Gasteiger partial charge on any atom is 0.209 e. The average molecular weight is 296 g/mol. The minimum absolute atomic E-state index is 0.0323. The Morgan fingerprint density at radius 1 is 1.25 bits per heavy atom. The van der Waals surface area contributed by atoms with Gasteiger partial charge in [0.2, 0.25) is 6.41 Å². The highest BCUT2D eigenvalue weighted by molar-refractivity contribution is 6.33. The minimum Gasteiger partial charge on any atom is -0.348 e. The van der Waals surface area contributed by atoms with Gasteiger partial charge in [-0.15, -0.1) is 11.6 Å². The van der Waals surface area contributed by atoms with E-state index in [1.54, 1.807) is 18.9 Å². The molecule has 1 rings (SSSR count). The normalized spacial score (nSPS) is 11.9. The lowest BCUT2D eigenvalue weighted by atomic mass is 10.0. The first-order chi connectivity index (χ1) is 9.54. The number of benzene rings is 1. The Morgan fingerprint density at radius 3 is 2.45 bits per heavy atom. The number of hydrogen-bond acceptors (Lipinski definition) is 2. The number of rotatable bonds is 9. The molecule has 0 aromatic heterocycles. The SMILES string of the molecule is CC(Cl)C(=O)c1ccc(CCCCCN(C)C=O)cc1. The molecule has 0 fully saturated rings. The van der Waals surface area contributed by atoms with Crippen molar-refractivity contribution in [1.29, 1.82) is 0 Å². The van der Waals surface area contributed by atoms with Crippen LogP contribution in [-0.4, -0.2) is 36.1 Å². The molecule has 0 radical (unpaired) electrons. The first-order valence-electron chi connectivity index (χ1n) is 6.97. The maximum absolute atomic E-state index is 11.7. The van der Waals surface area contributed by atoms with Crippen LogP contribution < -0.4 is 0 Å². The van der Waals surface area contributed by atoms with Crippen LogP contribution in [0.5, 0.6) is 0 Å². The van der Waals surface area contributed by atoms with Crippen molar-refractivity contribution >= 4 is 23.8 Å². The van der Waals surface area contributed by atoms with E-state index < -0.39 is 5.38 Å². The van der Waals surface area contributed by atoms with Gasteiger partial charge in [0.1, 0.15) is 0 Å². The number of alkyl halides is 1. The van der Waals surface area contributed by atoms with Crippen molar-refractivity contribution in [2.45, 2.75) is 38.0 Å². The number of unbranched alkanes of at least 4 members (excludes halogenated alkanes) is 2. The van der Waals surface area contributed by atoms with Crippen LogP contribution in [0.3, 0.4) is 0 Å². The van der Waals surface area contributed by atoms with Gasteiger partial charge >= 0.3 is 0 Å². The molecule has 0 N–H and O–H groups in total. The fraction of sp³-hybridized carbons (Fsp3) is 0.500. The Hall–Kier alpha value is -1.35. The molecule has 0 aliphatic rings. The smallest absolute Gasteiger partial charge is 0.209 e. The van der Waals surface area contributed by atoms with Crippen molar-refractivity contribution in [3.8, 4) is 0 Å². The zero-order valence-electron chi connectivity index (χ0n) is 12.1. The van der Waals surface area contributed by atoms with Gasteiger partial charge in [0.05, 0.1) is 5.38 Å². The average Bonchev–Trinajstić information content (AvgIpc) is 2.46. The van der Waals surface area contributed by atoms with Crippen LogP contribution in [0.15, 0.2) is 24.3 Å². The summed E-state index contributed by atoms with van der Waals surface area (Å²) < 4.78 is 0. The predicted molar refractivity (Wildman–Crippen MR) is 82.3 cm³/mol. The van der Waals surface area contributed by atoms with Gasteiger partial charge in [-0.1, -0.05) is 30.7 Å². The molecule has 1 atom stereocenters. The number of carbonyl (C=O) groups is 2. The second kappa shape index (κ2) is 8.75. The third kappa shape index (κ3) is 5.74. The molecule has 3 nitrogen and oxygen atoms in total. The van der Waals surface area contributed by atoms with Crippen molar-refractivity contribution in [3.05, 3.63) is 35.4 Å².